The zero-order chi connectivity index (χ0) is 19.3. The Morgan fingerprint density at radius 3 is 2.39 bits per heavy atom. The molecule has 5 atom stereocenters. The molecular weight excluding hydrogens is 344 g/mol. The third-order valence-corrected chi connectivity index (χ3v) is 6.95. The zero-order valence-electron chi connectivity index (χ0n) is 17.3. The van der Waals surface area contributed by atoms with E-state index in [1.165, 1.54) is 36.8 Å². The molecule has 0 amide bonds. The third kappa shape index (κ3) is 4.78. The van der Waals surface area contributed by atoms with E-state index in [2.05, 4.69) is 68.4 Å². The van der Waals surface area contributed by atoms with Gasteiger partial charge in [0.05, 0.1) is 6.61 Å². The molecule has 0 heterocycles. The van der Waals surface area contributed by atoms with Crippen molar-refractivity contribution < 1.29 is 9.47 Å². The largest absolute Gasteiger partial charge is 0.465 e. The van der Waals surface area contributed by atoms with Crippen molar-refractivity contribution in [2.75, 3.05) is 6.61 Å². The molecule has 28 heavy (non-hydrogen) atoms. The lowest BCUT2D eigenvalue weighted by Crippen LogP contribution is -2.28. The topological polar surface area (TPSA) is 18.5 Å². The Morgan fingerprint density at radius 2 is 1.75 bits per heavy atom. The lowest BCUT2D eigenvalue weighted by Gasteiger charge is -2.26. The first-order valence-corrected chi connectivity index (χ1v) is 11.1. The Kier molecular flexibility index (Phi) is 6.36. The molecule has 2 heteroatoms. The number of hydrogen-bond acceptors (Lipinski definition) is 2. The van der Waals surface area contributed by atoms with Crippen LogP contribution in [0.2, 0.25) is 0 Å². The number of rotatable bonds is 9. The Morgan fingerprint density at radius 1 is 0.964 bits per heavy atom. The van der Waals surface area contributed by atoms with E-state index < -0.39 is 0 Å². The van der Waals surface area contributed by atoms with Crippen LogP contribution in [0, 0.1) is 17.8 Å². The van der Waals surface area contributed by atoms with Gasteiger partial charge in [-0.05, 0) is 72.6 Å². The summed E-state index contributed by atoms with van der Waals surface area (Å²) >= 11 is 0. The molecule has 2 aliphatic carbocycles. The van der Waals surface area contributed by atoms with Gasteiger partial charge in [0.2, 0.25) is 6.29 Å². The SMILES string of the molecule is CCC(C)c1ccc(OC(Cc2ccccc2)OCC2CC3CCC2C3)cc1. The van der Waals surface area contributed by atoms with Crippen molar-refractivity contribution in [3.8, 4) is 5.75 Å². The highest BCUT2D eigenvalue weighted by Crippen LogP contribution is 2.48. The molecule has 0 radical (unpaired) electrons. The first kappa shape index (κ1) is 19.5. The van der Waals surface area contributed by atoms with Crippen LogP contribution in [0.3, 0.4) is 0 Å². The van der Waals surface area contributed by atoms with Crippen molar-refractivity contribution in [2.45, 2.75) is 64.6 Å². The lowest BCUT2D eigenvalue weighted by molar-refractivity contribution is -0.0952. The van der Waals surface area contributed by atoms with Crippen molar-refractivity contribution in [1.82, 2.24) is 0 Å². The molecule has 4 rings (SSSR count). The Balaban J connectivity index is 1.40. The molecule has 2 aliphatic rings. The molecule has 0 aliphatic heterocycles. The predicted molar refractivity (Wildman–Crippen MR) is 115 cm³/mol. The van der Waals surface area contributed by atoms with E-state index in [-0.39, 0.29) is 6.29 Å². The minimum atomic E-state index is -0.226. The molecule has 2 aromatic carbocycles. The summed E-state index contributed by atoms with van der Waals surface area (Å²) in [6.45, 7) is 5.34. The minimum absolute atomic E-state index is 0.226. The van der Waals surface area contributed by atoms with Crippen molar-refractivity contribution in [1.29, 1.82) is 0 Å². The van der Waals surface area contributed by atoms with E-state index in [1.807, 2.05) is 0 Å². The van der Waals surface area contributed by atoms with E-state index in [0.717, 1.165) is 43.0 Å². The van der Waals surface area contributed by atoms with E-state index in [0.29, 0.717) is 5.92 Å². The third-order valence-electron chi connectivity index (χ3n) is 6.95. The number of ether oxygens (including phenoxy) is 2. The normalized spacial score (nSPS) is 25.6. The van der Waals surface area contributed by atoms with E-state index in [4.69, 9.17) is 9.47 Å². The van der Waals surface area contributed by atoms with Crippen LogP contribution in [-0.4, -0.2) is 12.9 Å². The molecule has 2 fully saturated rings. The van der Waals surface area contributed by atoms with E-state index in [9.17, 15) is 0 Å². The van der Waals surface area contributed by atoms with Crippen LogP contribution in [0.1, 0.15) is 63.0 Å². The second-order valence-corrected chi connectivity index (χ2v) is 8.88. The van der Waals surface area contributed by atoms with Crippen molar-refractivity contribution in [3.63, 3.8) is 0 Å². The summed E-state index contributed by atoms with van der Waals surface area (Å²) in [5.74, 6) is 4.06. The van der Waals surface area contributed by atoms with E-state index >= 15 is 0 Å². The van der Waals surface area contributed by atoms with Gasteiger partial charge in [0.1, 0.15) is 5.75 Å². The van der Waals surface area contributed by atoms with Gasteiger partial charge in [0.25, 0.3) is 0 Å². The fourth-order valence-electron chi connectivity index (χ4n) is 5.02. The molecule has 2 nitrogen and oxygen atoms in total. The molecule has 2 bridgehead atoms. The van der Waals surface area contributed by atoms with Crippen molar-refractivity contribution in [3.05, 3.63) is 65.7 Å². The summed E-state index contributed by atoms with van der Waals surface area (Å²) in [6.07, 6.45) is 7.34. The van der Waals surface area contributed by atoms with Crippen molar-refractivity contribution in [2.24, 2.45) is 17.8 Å². The maximum atomic E-state index is 6.36. The molecule has 5 unspecified atom stereocenters. The maximum absolute atomic E-state index is 6.36. The van der Waals surface area contributed by atoms with Crippen LogP contribution in [-0.2, 0) is 11.2 Å². The second kappa shape index (κ2) is 9.13. The summed E-state index contributed by atoms with van der Waals surface area (Å²) in [5.41, 5.74) is 2.63. The standard InChI is InChI=1S/C26H34O2/c1-3-19(2)22-11-13-25(14-12-22)28-26(17-20-7-5-4-6-8-20)27-18-24-16-21-9-10-23(24)15-21/h4-8,11-14,19,21,23-24,26H,3,9-10,15-18H2,1-2H3. The monoisotopic (exact) mass is 378 g/mol. The van der Waals surface area contributed by atoms with Gasteiger partial charge < -0.3 is 9.47 Å². The van der Waals surface area contributed by atoms with Crippen LogP contribution in [0.15, 0.2) is 54.6 Å². The highest BCUT2D eigenvalue weighted by atomic mass is 16.7. The van der Waals surface area contributed by atoms with Gasteiger partial charge in [0, 0.05) is 6.42 Å². The predicted octanol–water partition coefficient (Wildman–Crippen LogP) is 6.60. The molecule has 2 saturated carbocycles. The molecule has 0 spiro atoms. The fourth-order valence-corrected chi connectivity index (χ4v) is 5.02. The van der Waals surface area contributed by atoms with Gasteiger partial charge in [0.15, 0.2) is 0 Å². The van der Waals surface area contributed by atoms with Gasteiger partial charge in [-0.25, -0.2) is 0 Å². The van der Waals surface area contributed by atoms with Crippen LogP contribution >= 0.6 is 0 Å². The number of fused-ring (bicyclic) bond motifs is 2. The zero-order valence-corrected chi connectivity index (χ0v) is 17.3. The Labute approximate surface area is 170 Å². The van der Waals surface area contributed by atoms with Crippen LogP contribution < -0.4 is 4.74 Å². The molecule has 150 valence electrons. The first-order chi connectivity index (χ1) is 13.7. The van der Waals surface area contributed by atoms with E-state index in [1.54, 1.807) is 0 Å². The van der Waals surface area contributed by atoms with Gasteiger partial charge in [-0.2, -0.15) is 0 Å². The smallest absolute Gasteiger partial charge is 0.203 e. The average molecular weight is 379 g/mol. The van der Waals surface area contributed by atoms with Gasteiger partial charge in [-0.3, -0.25) is 0 Å². The van der Waals surface area contributed by atoms with Gasteiger partial charge >= 0.3 is 0 Å². The minimum Gasteiger partial charge on any atom is -0.465 e. The molecule has 0 N–H and O–H groups in total. The van der Waals surface area contributed by atoms with Crippen LogP contribution in [0.4, 0.5) is 0 Å². The summed E-state index contributed by atoms with van der Waals surface area (Å²) < 4.78 is 12.7. The molecule has 2 aromatic rings. The fraction of sp³-hybridized carbons (Fsp3) is 0.538. The second-order valence-electron chi connectivity index (χ2n) is 8.88. The van der Waals surface area contributed by atoms with Crippen LogP contribution in [0.25, 0.3) is 0 Å². The van der Waals surface area contributed by atoms with Gasteiger partial charge in [-0.15, -0.1) is 0 Å². The van der Waals surface area contributed by atoms with Crippen molar-refractivity contribution >= 4 is 0 Å². The Hall–Kier alpha value is -1.80. The van der Waals surface area contributed by atoms with Crippen LogP contribution in [0.5, 0.6) is 5.75 Å². The Bertz CT molecular complexity index is 724. The molecule has 0 saturated heterocycles. The van der Waals surface area contributed by atoms with Gasteiger partial charge in [-0.1, -0.05) is 62.7 Å². The number of benzene rings is 2. The summed E-state index contributed by atoms with van der Waals surface area (Å²) in [7, 11) is 0. The summed E-state index contributed by atoms with van der Waals surface area (Å²) in [5, 5.41) is 0. The summed E-state index contributed by atoms with van der Waals surface area (Å²) in [6, 6.07) is 19.1. The highest BCUT2D eigenvalue weighted by molar-refractivity contribution is 5.29. The number of hydrogen-bond donors (Lipinski definition) is 0. The average Bonchev–Trinajstić information content (AvgIpc) is 3.36. The maximum Gasteiger partial charge on any atom is 0.203 e. The molecule has 0 aromatic heterocycles. The molecular formula is C26H34O2. The first-order valence-electron chi connectivity index (χ1n) is 11.1. The quantitative estimate of drug-likeness (QED) is 0.458. The lowest BCUT2D eigenvalue weighted by atomic mass is 9.89. The summed E-state index contributed by atoms with van der Waals surface area (Å²) in [4.78, 5) is 0. The highest BCUT2D eigenvalue weighted by Gasteiger charge is 2.39.